The van der Waals surface area contributed by atoms with Crippen LogP contribution in [0.3, 0.4) is 0 Å². The van der Waals surface area contributed by atoms with Crippen LogP contribution in [-0.2, 0) is 21.4 Å². The van der Waals surface area contributed by atoms with Crippen LogP contribution in [0.25, 0.3) is 0 Å². The number of benzene rings is 2. The second-order valence-electron chi connectivity index (χ2n) is 7.06. The molecule has 0 aliphatic rings. The number of sulfonamides is 1. The third kappa shape index (κ3) is 5.08. The molecule has 158 valence electrons. The molecule has 7 nitrogen and oxygen atoms in total. The normalized spacial score (nSPS) is 11.6. The molecular formula is C21H23ClN4O3S. The highest BCUT2D eigenvalue weighted by atomic mass is 35.5. The van der Waals surface area contributed by atoms with E-state index in [0.717, 1.165) is 21.0 Å². The lowest BCUT2D eigenvalue weighted by Crippen LogP contribution is -2.35. The monoisotopic (exact) mass is 446 g/mol. The average Bonchev–Trinajstić information content (AvgIpc) is 3.12. The van der Waals surface area contributed by atoms with Crippen molar-refractivity contribution in [2.45, 2.75) is 25.3 Å². The molecule has 9 heteroatoms. The number of hydrogen-bond acceptors (Lipinski definition) is 4. The Bertz CT molecular complexity index is 1160. The second-order valence-corrected chi connectivity index (χ2v) is 9.54. The maximum atomic E-state index is 12.8. The van der Waals surface area contributed by atoms with E-state index in [-0.39, 0.29) is 11.4 Å². The zero-order valence-electron chi connectivity index (χ0n) is 17.0. The van der Waals surface area contributed by atoms with Crippen LogP contribution in [0.5, 0.6) is 0 Å². The number of aromatic nitrogens is 2. The van der Waals surface area contributed by atoms with Crippen LogP contribution in [0.15, 0.2) is 59.6 Å². The van der Waals surface area contributed by atoms with Crippen molar-refractivity contribution in [3.05, 3.63) is 76.4 Å². The van der Waals surface area contributed by atoms with Crippen LogP contribution >= 0.6 is 11.6 Å². The number of aryl methyl sites for hydroxylation is 2. The molecule has 3 aromatic rings. The third-order valence-electron chi connectivity index (χ3n) is 4.78. The first-order valence-corrected chi connectivity index (χ1v) is 11.1. The first kappa shape index (κ1) is 22.0. The lowest BCUT2D eigenvalue weighted by atomic mass is 10.1. The van der Waals surface area contributed by atoms with Crippen molar-refractivity contribution in [3.8, 4) is 0 Å². The molecule has 0 aliphatic carbocycles. The van der Waals surface area contributed by atoms with E-state index < -0.39 is 15.9 Å². The van der Waals surface area contributed by atoms with Crippen LogP contribution in [0, 0.1) is 13.8 Å². The fraction of sp³-hybridized carbons (Fsp3) is 0.238. The molecule has 30 heavy (non-hydrogen) atoms. The molecule has 1 N–H and O–H groups in total. The predicted octanol–water partition coefficient (Wildman–Crippen LogP) is 3.46. The summed E-state index contributed by atoms with van der Waals surface area (Å²) in [6.07, 6.45) is 1.57. The smallest absolute Gasteiger partial charge is 0.243 e. The maximum absolute atomic E-state index is 12.8. The van der Waals surface area contributed by atoms with E-state index in [4.69, 9.17) is 11.6 Å². The zero-order chi connectivity index (χ0) is 21.9. The molecule has 0 saturated carbocycles. The largest absolute Gasteiger partial charge is 0.310 e. The molecule has 0 saturated heterocycles. The van der Waals surface area contributed by atoms with E-state index >= 15 is 0 Å². The number of rotatable bonds is 7. The molecule has 3 rings (SSSR count). The Morgan fingerprint density at radius 3 is 2.47 bits per heavy atom. The van der Waals surface area contributed by atoms with E-state index in [1.54, 1.807) is 47.3 Å². The number of nitrogens with zero attached hydrogens (tertiary/aromatic N) is 3. The van der Waals surface area contributed by atoms with Gasteiger partial charge in [-0.3, -0.25) is 4.79 Å². The number of hydrogen-bond donors (Lipinski definition) is 1. The highest BCUT2D eigenvalue weighted by Gasteiger charge is 2.23. The maximum Gasteiger partial charge on any atom is 0.243 e. The van der Waals surface area contributed by atoms with Crippen LogP contribution in [0.4, 0.5) is 5.82 Å². The minimum Gasteiger partial charge on any atom is -0.310 e. The first-order chi connectivity index (χ1) is 14.2. The van der Waals surface area contributed by atoms with Gasteiger partial charge in [0.25, 0.3) is 0 Å². The fourth-order valence-electron chi connectivity index (χ4n) is 2.85. The van der Waals surface area contributed by atoms with Crippen LogP contribution in [0.1, 0.15) is 16.7 Å². The van der Waals surface area contributed by atoms with Crippen LogP contribution in [0.2, 0.25) is 5.02 Å². The summed E-state index contributed by atoms with van der Waals surface area (Å²) in [5.41, 5.74) is 2.84. The van der Waals surface area contributed by atoms with Gasteiger partial charge in [-0.05, 0) is 54.8 Å². The summed E-state index contributed by atoms with van der Waals surface area (Å²) in [4.78, 5) is 12.7. The lowest BCUT2D eigenvalue weighted by molar-refractivity contribution is -0.116. The number of anilines is 1. The number of likely N-dealkylation sites (N-methyl/N-ethyl adjacent to an activating group) is 1. The summed E-state index contributed by atoms with van der Waals surface area (Å²) < 4.78 is 28.2. The van der Waals surface area contributed by atoms with Crippen molar-refractivity contribution < 1.29 is 13.2 Å². The summed E-state index contributed by atoms with van der Waals surface area (Å²) in [5.74, 6) is 0.0229. The van der Waals surface area contributed by atoms with Gasteiger partial charge >= 0.3 is 0 Å². The van der Waals surface area contributed by atoms with Gasteiger partial charge in [-0.1, -0.05) is 29.8 Å². The highest BCUT2D eigenvalue weighted by molar-refractivity contribution is 7.89. The Hall–Kier alpha value is -2.68. The Labute approximate surface area is 181 Å². The summed E-state index contributed by atoms with van der Waals surface area (Å²) in [7, 11) is -2.39. The number of amides is 1. The molecule has 0 radical (unpaired) electrons. The second kappa shape index (κ2) is 8.99. The van der Waals surface area contributed by atoms with E-state index in [9.17, 15) is 13.2 Å². The SMILES string of the molecule is Cc1ccc(S(=O)(=O)N(C)CC(=O)Nc2ccnn2Cc2ccc(Cl)cc2)cc1C. The average molecular weight is 447 g/mol. The number of halogens is 1. The third-order valence-corrected chi connectivity index (χ3v) is 6.83. The van der Waals surface area contributed by atoms with Crippen molar-refractivity contribution in [1.29, 1.82) is 0 Å². The van der Waals surface area contributed by atoms with Crippen molar-refractivity contribution in [2.75, 3.05) is 18.9 Å². The van der Waals surface area contributed by atoms with Gasteiger partial charge in [0.15, 0.2) is 0 Å². The Kier molecular flexibility index (Phi) is 6.60. The lowest BCUT2D eigenvalue weighted by Gasteiger charge is -2.18. The molecule has 1 heterocycles. The minimum atomic E-state index is -3.78. The highest BCUT2D eigenvalue weighted by Crippen LogP contribution is 2.18. The number of carbonyl (C=O) groups excluding carboxylic acids is 1. The molecule has 1 amide bonds. The summed E-state index contributed by atoms with van der Waals surface area (Å²) in [5, 5.41) is 7.58. The zero-order valence-corrected chi connectivity index (χ0v) is 18.5. The molecule has 0 aliphatic heterocycles. The summed E-state index contributed by atoms with van der Waals surface area (Å²) >= 11 is 5.91. The van der Waals surface area contributed by atoms with E-state index in [1.807, 2.05) is 26.0 Å². The quantitative estimate of drug-likeness (QED) is 0.602. The molecular weight excluding hydrogens is 424 g/mol. The van der Waals surface area contributed by atoms with Gasteiger partial charge < -0.3 is 5.32 Å². The van der Waals surface area contributed by atoms with Crippen LogP contribution < -0.4 is 5.32 Å². The van der Waals surface area contributed by atoms with Crippen LogP contribution in [-0.4, -0.2) is 42.0 Å². The van der Waals surface area contributed by atoms with E-state index in [1.165, 1.54) is 7.05 Å². The Morgan fingerprint density at radius 1 is 1.10 bits per heavy atom. The molecule has 0 unspecified atom stereocenters. The Morgan fingerprint density at radius 2 is 1.80 bits per heavy atom. The summed E-state index contributed by atoms with van der Waals surface area (Å²) in [6, 6.07) is 13.9. The standard InChI is InChI=1S/C21H23ClN4O3S/c1-15-4-9-19(12-16(15)2)30(28,29)25(3)14-21(27)24-20-10-11-23-26(20)13-17-5-7-18(22)8-6-17/h4-12H,13-14H2,1-3H3,(H,24,27). The first-order valence-electron chi connectivity index (χ1n) is 9.26. The minimum absolute atomic E-state index is 0.161. The van der Waals surface area contributed by atoms with Gasteiger partial charge in [0.05, 0.1) is 24.2 Å². The van der Waals surface area contributed by atoms with Crippen molar-refractivity contribution in [3.63, 3.8) is 0 Å². The topological polar surface area (TPSA) is 84.3 Å². The van der Waals surface area contributed by atoms with E-state index in [0.29, 0.717) is 17.4 Å². The molecule has 0 atom stereocenters. The Balaban J connectivity index is 1.67. The van der Waals surface area contributed by atoms with Gasteiger partial charge in [0, 0.05) is 18.1 Å². The molecule has 0 bridgehead atoms. The molecule has 2 aromatic carbocycles. The van der Waals surface area contributed by atoms with E-state index in [2.05, 4.69) is 10.4 Å². The van der Waals surface area contributed by atoms with Gasteiger partial charge in [0.2, 0.25) is 15.9 Å². The number of carbonyl (C=O) groups is 1. The fourth-order valence-corrected chi connectivity index (χ4v) is 4.19. The number of nitrogens with one attached hydrogen (secondary N) is 1. The molecule has 1 aromatic heterocycles. The summed E-state index contributed by atoms with van der Waals surface area (Å²) in [6.45, 7) is 3.89. The predicted molar refractivity (Wildman–Crippen MR) is 117 cm³/mol. The molecule has 0 spiro atoms. The van der Waals surface area contributed by atoms with Gasteiger partial charge in [-0.15, -0.1) is 0 Å². The van der Waals surface area contributed by atoms with Crippen molar-refractivity contribution >= 4 is 33.3 Å². The van der Waals surface area contributed by atoms with Gasteiger partial charge in [-0.25, -0.2) is 13.1 Å². The van der Waals surface area contributed by atoms with Crippen molar-refractivity contribution in [2.24, 2.45) is 0 Å². The molecule has 0 fully saturated rings. The van der Waals surface area contributed by atoms with Crippen molar-refractivity contribution in [1.82, 2.24) is 14.1 Å². The van der Waals surface area contributed by atoms with Gasteiger partial charge in [0.1, 0.15) is 5.82 Å². The van der Waals surface area contributed by atoms with Gasteiger partial charge in [-0.2, -0.15) is 9.40 Å².